The zero-order valence-corrected chi connectivity index (χ0v) is 9.52. The largest absolute Gasteiger partial charge is 0.375 e. The molecule has 1 aromatic carbocycles. The van der Waals surface area contributed by atoms with Gasteiger partial charge in [-0.25, -0.2) is 13.2 Å². The Morgan fingerprint density at radius 2 is 2.12 bits per heavy atom. The van der Waals surface area contributed by atoms with Crippen LogP contribution in [0.5, 0.6) is 0 Å². The summed E-state index contributed by atoms with van der Waals surface area (Å²) in [6.07, 6.45) is -2.72. The molecule has 0 heterocycles. The van der Waals surface area contributed by atoms with Crippen LogP contribution >= 0.6 is 11.6 Å². The molecule has 0 aliphatic heterocycles. The highest BCUT2D eigenvalue weighted by molar-refractivity contribution is 6.30. The third kappa shape index (κ3) is 4.75. The summed E-state index contributed by atoms with van der Waals surface area (Å²) in [6, 6.07) is 3.67. The van der Waals surface area contributed by atoms with Crippen LogP contribution in [0, 0.1) is 5.82 Å². The van der Waals surface area contributed by atoms with Gasteiger partial charge < -0.3 is 4.74 Å². The summed E-state index contributed by atoms with van der Waals surface area (Å²) in [5.41, 5.74) is -0.116. The molecular formula is C11H10ClF3O2. The normalized spacial score (nSPS) is 10.9. The molecule has 0 N–H and O–H groups in total. The van der Waals surface area contributed by atoms with Crippen LogP contribution in [0.25, 0.3) is 0 Å². The van der Waals surface area contributed by atoms with Crippen LogP contribution in [0.1, 0.15) is 16.8 Å². The molecule has 0 radical (unpaired) electrons. The number of rotatable bonds is 6. The molecule has 1 rings (SSSR count). The van der Waals surface area contributed by atoms with E-state index in [2.05, 4.69) is 4.74 Å². The van der Waals surface area contributed by atoms with Crippen molar-refractivity contribution in [2.24, 2.45) is 0 Å². The van der Waals surface area contributed by atoms with Gasteiger partial charge in [-0.2, -0.15) is 0 Å². The third-order valence-corrected chi connectivity index (χ3v) is 2.18. The molecule has 6 heteroatoms. The summed E-state index contributed by atoms with van der Waals surface area (Å²) in [5, 5.41) is 0.188. The van der Waals surface area contributed by atoms with Crippen molar-refractivity contribution in [3.63, 3.8) is 0 Å². The van der Waals surface area contributed by atoms with Crippen LogP contribution in [0.2, 0.25) is 5.02 Å². The van der Waals surface area contributed by atoms with Gasteiger partial charge in [-0.05, 0) is 18.2 Å². The Morgan fingerprint density at radius 1 is 1.41 bits per heavy atom. The Balaban J connectivity index is 2.47. The van der Waals surface area contributed by atoms with Gasteiger partial charge in [0.15, 0.2) is 5.78 Å². The molecule has 1 aromatic rings. The molecule has 0 aliphatic rings. The van der Waals surface area contributed by atoms with Crippen molar-refractivity contribution in [2.45, 2.75) is 12.8 Å². The predicted molar refractivity (Wildman–Crippen MR) is 57.2 cm³/mol. The second kappa shape index (κ2) is 6.61. The molecule has 17 heavy (non-hydrogen) atoms. The molecule has 2 nitrogen and oxygen atoms in total. The topological polar surface area (TPSA) is 26.3 Å². The van der Waals surface area contributed by atoms with Crippen LogP contribution in [0.15, 0.2) is 18.2 Å². The maximum atomic E-state index is 13.3. The second-order valence-corrected chi connectivity index (χ2v) is 3.70. The third-order valence-electron chi connectivity index (χ3n) is 1.95. The van der Waals surface area contributed by atoms with E-state index in [4.69, 9.17) is 11.6 Å². The maximum absolute atomic E-state index is 13.3. The number of Topliss-reactive ketones (excluding diaryl/α,β-unsaturated/α-hetero) is 1. The first-order valence-corrected chi connectivity index (χ1v) is 5.22. The zero-order valence-electron chi connectivity index (χ0n) is 8.76. The highest BCUT2D eigenvalue weighted by Gasteiger charge is 2.12. The Morgan fingerprint density at radius 3 is 2.71 bits per heavy atom. The van der Waals surface area contributed by atoms with Gasteiger partial charge in [0.1, 0.15) is 12.4 Å². The molecule has 0 amide bonds. The van der Waals surface area contributed by atoms with Gasteiger partial charge in [0.05, 0.1) is 12.2 Å². The number of alkyl halides is 2. The van der Waals surface area contributed by atoms with Crippen molar-refractivity contribution in [1.82, 2.24) is 0 Å². The van der Waals surface area contributed by atoms with E-state index in [9.17, 15) is 18.0 Å². The number of halogens is 4. The molecule has 0 bridgehead atoms. The van der Waals surface area contributed by atoms with Crippen molar-refractivity contribution in [2.75, 3.05) is 13.2 Å². The van der Waals surface area contributed by atoms with Crippen LogP contribution in [-0.2, 0) is 4.74 Å². The van der Waals surface area contributed by atoms with Crippen molar-refractivity contribution >= 4 is 17.4 Å². The number of hydrogen-bond acceptors (Lipinski definition) is 2. The van der Waals surface area contributed by atoms with E-state index >= 15 is 0 Å². The monoisotopic (exact) mass is 266 g/mol. The summed E-state index contributed by atoms with van der Waals surface area (Å²) in [7, 11) is 0. The summed E-state index contributed by atoms with van der Waals surface area (Å²) in [4.78, 5) is 11.5. The predicted octanol–water partition coefficient (Wildman–Crippen LogP) is 3.33. The molecule has 94 valence electrons. The Bertz CT molecular complexity index is 396. The number of hydrogen-bond donors (Lipinski definition) is 0. The van der Waals surface area contributed by atoms with E-state index in [-0.39, 0.29) is 23.6 Å². The molecule has 0 saturated carbocycles. The molecule has 0 atom stereocenters. The Labute approximate surface area is 101 Å². The lowest BCUT2D eigenvalue weighted by Crippen LogP contribution is -2.10. The van der Waals surface area contributed by atoms with Gasteiger partial charge in [-0.1, -0.05) is 11.6 Å². The molecule has 0 saturated heterocycles. The molecule has 0 fully saturated rings. The standard InChI is InChI=1S/C11H10ClF3O2/c12-7-1-2-8(9(13)5-7)10(16)3-4-17-6-11(14)15/h1-2,5,11H,3-4,6H2. The molecule has 0 aromatic heterocycles. The van der Waals surface area contributed by atoms with E-state index in [1.807, 2.05) is 0 Å². The minimum atomic E-state index is -2.57. The van der Waals surface area contributed by atoms with Crippen LogP contribution in [0.4, 0.5) is 13.2 Å². The fraction of sp³-hybridized carbons (Fsp3) is 0.364. The van der Waals surface area contributed by atoms with Crippen LogP contribution in [-0.4, -0.2) is 25.4 Å². The van der Waals surface area contributed by atoms with Crippen molar-refractivity contribution < 1.29 is 22.7 Å². The summed E-state index contributed by atoms with van der Waals surface area (Å²) < 4.78 is 41.2. The van der Waals surface area contributed by atoms with Crippen molar-refractivity contribution in [3.05, 3.63) is 34.6 Å². The molecular weight excluding hydrogens is 257 g/mol. The lowest BCUT2D eigenvalue weighted by Gasteiger charge is -2.04. The number of ether oxygens (including phenoxy) is 1. The van der Waals surface area contributed by atoms with Crippen LogP contribution in [0.3, 0.4) is 0 Å². The van der Waals surface area contributed by atoms with Gasteiger partial charge in [0.2, 0.25) is 0 Å². The van der Waals surface area contributed by atoms with Gasteiger partial charge in [-0.15, -0.1) is 0 Å². The quantitative estimate of drug-likeness (QED) is 0.583. The molecule has 0 unspecified atom stereocenters. The fourth-order valence-electron chi connectivity index (χ4n) is 1.19. The average Bonchev–Trinajstić information content (AvgIpc) is 2.23. The Hall–Kier alpha value is -1.07. The summed E-state index contributed by atoms with van der Waals surface area (Å²) in [5.74, 6) is -1.23. The Kier molecular flexibility index (Phi) is 5.44. The summed E-state index contributed by atoms with van der Waals surface area (Å²) in [6.45, 7) is -0.887. The number of carbonyl (C=O) groups is 1. The van der Waals surface area contributed by atoms with Crippen molar-refractivity contribution in [1.29, 1.82) is 0 Å². The maximum Gasteiger partial charge on any atom is 0.261 e. The number of ketones is 1. The van der Waals surface area contributed by atoms with E-state index in [1.165, 1.54) is 12.1 Å². The molecule has 0 aliphatic carbocycles. The number of benzene rings is 1. The van der Waals surface area contributed by atoms with Gasteiger partial charge in [0.25, 0.3) is 6.43 Å². The number of carbonyl (C=O) groups excluding carboxylic acids is 1. The lowest BCUT2D eigenvalue weighted by molar-refractivity contribution is 0.0169. The molecule has 0 spiro atoms. The fourth-order valence-corrected chi connectivity index (χ4v) is 1.35. The van der Waals surface area contributed by atoms with Gasteiger partial charge >= 0.3 is 0 Å². The SMILES string of the molecule is O=C(CCOCC(F)F)c1ccc(Cl)cc1F. The van der Waals surface area contributed by atoms with Crippen LogP contribution < -0.4 is 0 Å². The zero-order chi connectivity index (χ0) is 12.8. The first-order valence-electron chi connectivity index (χ1n) is 4.85. The highest BCUT2D eigenvalue weighted by atomic mass is 35.5. The minimum absolute atomic E-state index is 0.116. The van der Waals surface area contributed by atoms with Gasteiger partial charge in [-0.3, -0.25) is 4.79 Å². The van der Waals surface area contributed by atoms with E-state index in [1.54, 1.807) is 0 Å². The van der Waals surface area contributed by atoms with E-state index in [0.29, 0.717) is 0 Å². The lowest BCUT2D eigenvalue weighted by atomic mass is 10.1. The van der Waals surface area contributed by atoms with Gasteiger partial charge in [0, 0.05) is 11.4 Å². The first-order chi connectivity index (χ1) is 8.00. The summed E-state index contributed by atoms with van der Waals surface area (Å²) >= 11 is 5.52. The second-order valence-electron chi connectivity index (χ2n) is 3.26. The first kappa shape index (κ1) is 14.0. The van der Waals surface area contributed by atoms with Crippen molar-refractivity contribution in [3.8, 4) is 0 Å². The van der Waals surface area contributed by atoms with E-state index in [0.717, 1.165) is 6.07 Å². The minimum Gasteiger partial charge on any atom is -0.375 e. The smallest absolute Gasteiger partial charge is 0.261 e. The van der Waals surface area contributed by atoms with E-state index < -0.39 is 24.6 Å². The average molecular weight is 267 g/mol. The highest BCUT2D eigenvalue weighted by Crippen LogP contribution is 2.16.